The molecule has 0 spiro atoms. The lowest BCUT2D eigenvalue weighted by atomic mass is 9.94. The molecular formula is C18H16F2N4O2. The number of benzene rings is 2. The first kappa shape index (κ1) is 17.5. The Morgan fingerprint density at radius 3 is 2.50 bits per heavy atom. The van der Waals surface area contributed by atoms with E-state index in [2.05, 4.69) is 21.2 Å². The lowest BCUT2D eigenvalue weighted by Crippen LogP contribution is -2.32. The van der Waals surface area contributed by atoms with Crippen molar-refractivity contribution in [3.05, 3.63) is 59.7 Å². The van der Waals surface area contributed by atoms with E-state index in [0.29, 0.717) is 17.8 Å². The molecule has 134 valence electrons. The Kier molecular flexibility index (Phi) is 4.92. The molecule has 0 saturated heterocycles. The molecule has 3 N–H and O–H groups in total. The average molecular weight is 358 g/mol. The topological polar surface area (TPSA) is 82.6 Å². The Hall–Kier alpha value is -3.29. The number of halogens is 2. The highest BCUT2D eigenvalue weighted by Gasteiger charge is 2.21. The van der Waals surface area contributed by atoms with Gasteiger partial charge in [0.1, 0.15) is 11.6 Å². The van der Waals surface area contributed by atoms with E-state index >= 15 is 0 Å². The van der Waals surface area contributed by atoms with Crippen LogP contribution in [0.1, 0.15) is 18.9 Å². The smallest absolute Gasteiger partial charge is 0.308 e. The molecular weight excluding hydrogens is 342 g/mol. The van der Waals surface area contributed by atoms with Crippen LogP contribution < -0.4 is 16.1 Å². The average Bonchev–Trinajstić information content (AvgIpc) is 2.53. The fourth-order valence-corrected chi connectivity index (χ4v) is 2.68. The van der Waals surface area contributed by atoms with Gasteiger partial charge in [-0.2, -0.15) is 5.10 Å². The zero-order valence-electron chi connectivity index (χ0n) is 13.8. The van der Waals surface area contributed by atoms with Crippen molar-refractivity contribution in [2.24, 2.45) is 11.0 Å². The van der Waals surface area contributed by atoms with E-state index in [0.717, 1.165) is 23.8 Å². The quantitative estimate of drug-likeness (QED) is 0.785. The molecule has 0 radical (unpaired) electrons. The second-order valence-electron chi connectivity index (χ2n) is 5.96. The maximum Gasteiger partial charge on any atom is 0.323 e. The van der Waals surface area contributed by atoms with E-state index in [1.54, 1.807) is 18.2 Å². The number of rotatable bonds is 3. The molecule has 6 nitrogen and oxygen atoms in total. The number of nitrogens with one attached hydrogen (secondary N) is 3. The number of hydrazone groups is 1. The summed E-state index contributed by atoms with van der Waals surface area (Å²) in [5, 5.41) is 9.04. The van der Waals surface area contributed by atoms with Gasteiger partial charge in [-0.05, 0) is 24.3 Å². The SMILES string of the molecule is CC1CC(=O)NN=C1c1cccc(NC(=O)Nc2cc(F)cc(F)c2)c1. The monoisotopic (exact) mass is 358 g/mol. The first-order chi connectivity index (χ1) is 12.4. The Bertz CT molecular complexity index is 878. The number of anilines is 2. The molecule has 0 aliphatic carbocycles. The predicted molar refractivity (Wildman–Crippen MR) is 93.9 cm³/mol. The minimum absolute atomic E-state index is 0.00384. The molecule has 1 unspecified atom stereocenters. The van der Waals surface area contributed by atoms with Gasteiger partial charge in [0, 0.05) is 35.3 Å². The van der Waals surface area contributed by atoms with E-state index < -0.39 is 17.7 Å². The Labute approximate surface area is 148 Å². The van der Waals surface area contributed by atoms with Gasteiger partial charge in [0.2, 0.25) is 5.91 Å². The van der Waals surface area contributed by atoms with Gasteiger partial charge in [0.05, 0.1) is 5.71 Å². The largest absolute Gasteiger partial charge is 0.323 e. The highest BCUT2D eigenvalue weighted by atomic mass is 19.1. The van der Waals surface area contributed by atoms with Crippen molar-refractivity contribution in [1.82, 2.24) is 5.43 Å². The molecule has 0 aromatic heterocycles. The predicted octanol–water partition coefficient (Wildman–Crippen LogP) is 3.47. The number of carbonyl (C=O) groups excluding carboxylic acids is 2. The third-order valence-corrected chi connectivity index (χ3v) is 3.80. The van der Waals surface area contributed by atoms with E-state index in [4.69, 9.17) is 0 Å². The van der Waals surface area contributed by atoms with E-state index in [9.17, 15) is 18.4 Å². The van der Waals surface area contributed by atoms with E-state index in [-0.39, 0.29) is 17.5 Å². The van der Waals surface area contributed by atoms with Gasteiger partial charge in [0.25, 0.3) is 0 Å². The zero-order valence-corrected chi connectivity index (χ0v) is 13.8. The molecule has 1 heterocycles. The van der Waals surface area contributed by atoms with Crippen molar-refractivity contribution in [1.29, 1.82) is 0 Å². The van der Waals surface area contributed by atoms with Crippen molar-refractivity contribution in [3.63, 3.8) is 0 Å². The minimum atomic E-state index is -0.784. The molecule has 1 aliphatic heterocycles. The summed E-state index contributed by atoms with van der Waals surface area (Å²) >= 11 is 0. The standard InChI is InChI=1S/C18H16F2N4O2/c1-10-5-16(25)23-24-17(10)11-3-2-4-14(6-11)21-18(26)22-15-8-12(19)7-13(20)9-15/h2-4,6-10H,5H2,1H3,(H,23,25)(H2,21,22,26). The third kappa shape index (κ3) is 4.21. The Balaban J connectivity index is 1.72. The minimum Gasteiger partial charge on any atom is -0.308 e. The summed E-state index contributed by atoms with van der Waals surface area (Å²) in [6.45, 7) is 1.89. The molecule has 2 aromatic rings. The molecule has 3 amide bonds. The maximum atomic E-state index is 13.2. The van der Waals surface area contributed by atoms with Crippen LogP contribution in [-0.2, 0) is 4.79 Å². The lowest BCUT2D eigenvalue weighted by molar-refractivity contribution is -0.121. The molecule has 0 bridgehead atoms. The van der Waals surface area contributed by atoms with Gasteiger partial charge in [-0.15, -0.1) is 0 Å². The van der Waals surface area contributed by atoms with Gasteiger partial charge in [-0.25, -0.2) is 19.0 Å². The van der Waals surface area contributed by atoms with Gasteiger partial charge in [-0.1, -0.05) is 19.1 Å². The summed E-state index contributed by atoms with van der Waals surface area (Å²) in [7, 11) is 0. The van der Waals surface area contributed by atoms with Crippen LogP contribution in [0.25, 0.3) is 0 Å². The van der Waals surface area contributed by atoms with E-state index in [1.165, 1.54) is 0 Å². The normalized spacial score (nSPS) is 16.5. The highest BCUT2D eigenvalue weighted by Crippen LogP contribution is 2.20. The number of carbonyl (C=O) groups is 2. The number of nitrogens with zero attached hydrogens (tertiary/aromatic N) is 1. The van der Waals surface area contributed by atoms with Gasteiger partial charge >= 0.3 is 6.03 Å². The molecule has 3 rings (SSSR count). The van der Waals surface area contributed by atoms with Crippen LogP contribution in [0, 0.1) is 17.6 Å². The van der Waals surface area contributed by atoms with Crippen molar-refractivity contribution >= 4 is 29.0 Å². The second-order valence-corrected chi connectivity index (χ2v) is 5.96. The van der Waals surface area contributed by atoms with Gasteiger partial charge in [-0.3, -0.25) is 4.79 Å². The summed E-state index contributed by atoms with van der Waals surface area (Å²) in [6.07, 6.45) is 0.335. The van der Waals surface area contributed by atoms with Crippen LogP contribution in [0.5, 0.6) is 0 Å². The highest BCUT2D eigenvalue weighted by molar-refractivity contribution is 6.07. The number of urea groups is 1. The lowest BCUT2D eigenvalue weighted by Gasteiger charge is -2.19. The van der Waals surface area contributed by atoms with Gasteiger partial charge in [0.15, 0.2) is 0 Å². The van der Waals surface area contributed by atoms with Crippen LogP contribution in [-0.4, -0.2) is 17.6 Å². The molecule has 8 heteroatoms. The molecule has 26 heavy (non-hydrogen) atoms. The molecule has 2 aromatic carbocycles. The van der Waals surface area contributed by atoms with Crippen LogP contribution in [0.15, 0.2) is 47.6 Å². The zero-order chi connectivity index (χ0) is 18.7. The van der Waals surface area contributed by atoms with E-state index in [1.807, 2.05) is 13.0 Å². The third-order valence-electron chi connectivity index (χ3n) is 3.80. The Morgan fingerprint density at radius 1 is 1.12 bits per heavy atom. The molecule has 1 aliphatic rings. The van der Waals surface area contributed by atoms with Crippen molar-refractivity contribution in [3.8, 4) is 0 Å². The second kappa shape index (κ2) is 7.30. The number of hydrogen-bond donors (Lipinski definition) is 3. The molecule has 0 saturated carbocycles. The number of amides is 3. The summed E-state index contributed by atoms with van der Waals surface area (Å²) in [5.74, 6) is -1.76. The first-order valence-corrected chi connectivity index (χ1v) is 7.91. The molecule has 1 atom stereocenters. The number of hydrogen-bond acceptors (Lipinski definition) is 3. The Morgan fingerprint density at radius 2 is 1.81 bits per heavy atom. The van der Waals surface area contributed by atoms with Crippen LogP contribution in [0.3, 0.4) is 0 Å². The maximum absolute atomic E-state index is 13.2. The molecule has 0 fully saturated rings. The first-order valence-electron chi connectivity index (χ1n) is 7.91. The van der Waals surface area contributed by atoms with Crippen LogP contribution >= 0.6 is 0 Å². The summed E-state index contributed by atoms with van der Waals surface area (Å²) in [6, 6.07) is 9.04. The van der Waals surface area contributed by atoms with Gasteiger partial charge < -0.3 is 10.6 Å². The fourth-order valence-electron chi connectivity index (χ4n) is 2.68. The van der Waals surface area contributed by atoms with Crippen LogP contribution in [0.2, 0.25) is 0 Å². The fraction of sp³-hybridized carbons (Fsp3) is 0.167. The van der Waals surface area contributed by atoms with Crippen molar-refractivity contribution in [2.45, 2.75) is 13.3 Å². The van der Waals surface area contributed by atoms with Crippen molar-refractivity contribution in [2.75, 3.05) is 10.6 Å². The van der Waals surface area contributed by atoms with Crippen LogP contribution in [0.4, 0.5) is 25.0 Å². The summed E-state index contributed by atoms with van der Waals surface area (Å²) < 4.78 is 26.3. The summed E-state index contributed by atoms with van der Waals surface area (Å²) in [4.78, 5) is 23.4. The van der Waals surface area contributed by atoms with Crippen molar-refractivity contribution < 1.29 is 18.4 Å². The summed E-state index contributed by atoms with van der Waals surface area (Å²) in [5.41, 5.74) is 4.39.